The van der Waals surface area contributed by atoms with Crippen LogP contribution in [0.1, 0.15) is 44.9 Å². The predicted octanol–water partition coefficient (Wildman–Crippen LogP) is 0.128. The number of amides is 3. The Hall–Kier alpha value is -1.97. The fraction of sp³-hybridized carbons (Fsp3) is 0.800. The molecule has 0 aliphatic heterocycles. The van der Waals surface area contributed by atoms with E-state index in [1.165, 1.54) is 0 Å². The smallest absolute Gasteiger partial charge is 0.405 e. The molecule has 2 saturated carbocycles. The number of hydrogen-bond donors (Lipinski definition) is 5. The van der Waals surface area contributed by atoms with Crippen LogP contribution < -0.4 is 16.4 Å². The van der Waals surface area contributed by atoms with Gasteiger partial charge in [-0.1, -0.05) is 12.8 Å². The van der Waals surface area contributed by atoms with Crippen molar-refractivity contribution in [1.29, 1.82) is 0 Å². The Balaban J connectivity index is 2.12. The van der Waals surface area contributed by atoms with Gasteiger partial charge in [-0.15, -0.1) is 0 Å². The Morgan fingerprint density at radius 3 is 2.24 bits per heavy atom. The van der Waals surface area contributed by atoms with Crippen LogP contribution in [0, 0.1) is 0 Å². The lowest BCUT2D eigenvalue weighted by Crippen LogP contribution is -2.70. The Morgan fingerprint density at radius 1 is 1.24 bits per heavy atom. The highest BCUT2D eigenvalue weighted by molar-refractivity contribution is 5.88. The number of alkyl halides is 2. The molecule has 2 fully saturated rings. The fourth-order valence-corrected chi connectivity index (χ4v) is 3.67. The number of carbonyl (C=O) groups excluding carboxylic acids is 2. The van der Waals surface area contributed by atoms with E-state index in [4.69, 9.17) is 10.8 Å². The van der Waals surface area contributed by atoms with Crippen LogP contribution in [0.25, 0.3) is 0 Å². The highest BCUT2D eigenvalue weighted by Crippen LogP contribution is 2.39. The first kappa shape index (κ1) is 19.4. The average molecular weight is 363 g/mol. The molecule has 2 aliphatic rings. The van der Waals surface area contributed by atoms with Gasteiger partial charge in [-0.25, -0.2) is 13.6 Å². The maximum absolute atomic E-state index is 14.7. The highest BCUT2D eigenvalue weighted by Gasteiger charge is 2.54. The number of carboxylic acid groups (broad SMARTS) is 1. The molecule has 0 aromatic heterocycles. The third kappa shape index (κ3) is 4.36. The van der Waals surface area contributed by atoms with E-state index in [-0.39, 0.29) is 32.1 Å². The molecule has 3 amide bonds. The molecule has 142 valence electrons. The molecule has 1 unspecified atom stereocenters. The van der Waals surface area contributed by atoms with Gasteiger partial charge in [0.25, 0.3) is 0 Å². The molecule has 2 aliphatic carbocycles. The minimum atomic E-state index is -1.82. The number of aliphatic hydroxyl groups excluding tert-OH is 1. The number of nitrogens with one attached hydrogen (secondary N) is 2. The number of nitrogens with two attached hydrogens (primary N) is 1. The van der Waals surface area contributed by atoms with E-state index < -0.39 is 47.4 Å². The largest absolute Gasteiger partial charge is 0.465 e. The van der Waals surface area contributed by atoms with E-state index >= 15 is 0 Å². The molecule has 25 heavy (non-hydrogen) atoms. The summed E-state index contributed by atoms with van der Waals surface area (Å²) in [4.78, 5) is 34.6. The standard InChI is InChI=1S/C15H23F2N3O5/c16-8-5-15(6-8,10(21)11(18)22)20-12(23)9(19-13(24)25)7-14(17)3-1-2-4-14/h8-10,19,21H,1-7H2,(H2,18,22)(H,20,23)(H,24,25)/t8?,9?,10-,15?/m1/s1. The second-order valence-corrected chi connectivity index (χ2v) is 7.02. The molecular weight excluding hydrogens is 340 g/mol. The maximum atomic E-state index is 14.7. The molecule has 6 N–H and O–H groups in total. The number of halogens is 2. The molecule has 8 nitrogen and oxygen atoms in total. The number of rotatable bonds is 7. The summed E-state index contributed by atoms with van der Waals surface area (Å²) in [7, 11) is 0. The van der Waals surface area contributed by atoms with E-state index in [1.54, 1.807) is 0 Å². The third-order valence-corrected chi connectivity index (χ3v) is 5.02. The first-order valence-electron chi connectivity index (χ1n) is 8.19. The van der Waals surface area contributed by atoms with E-state index in [0.29, 0.717) is 12.8 Å². The van der Waals surface area contributed by atoms with E-state index in [2.05, 4.69) is 5.32 Å². The van der Waals surface area contributed by atoms with Gasteiger partial charge in [0.05, 0.1) is 5.54 Å². The van der Waals surface area contributed by atoms with Crippen LogP contribution >= 0.6 is 0 Å². The van der Waals surface area contributed by atoms with Crippen molar-refractivity contribution in [2.45, 2.75) is 74.5 Å². The van der Waals surface area contributed by atoms with Gasteiger partial charge >= 0.3 is 6.09 Å². The van der Waals surface area contributed by atoms with Crippen LogP contribution in [0.4, 0.5) is 13.6 Å². The molecule has 2 atom stereocenters. The van der Waals surface area contributed by atoms with Crippen LogP contribution in [-0.4, -0.2) is 57.6 Å². The van der Waals surface area contributed by atoms with Crippen molar-refractivity contribution in [1.82, 2.24) is 10.6 Å². The summed E-state index contributed by atoms with van der Waals surface area (Å²) in [6, 6.07) is -1.42. The van der Waals surface area contributed by atoms with Gasteiger partial charge in [-0.05, 0) is 12.8 Å². The summed E-state index contributed by atoms with van der Waals surface area (Å²) in [6.07, 6.45) is -3.96. The molecular formula is C15H23F2N3O5. The summed E-state index contributed by atoms with van der Waals surface area (Å²) >= 11 is 0. The van der Waals surface area contributed by atoms with Crippen molar-refractivity contribution in [2.24, 2.45) is 5.73 Å². The van der Waals surface area contributed by atoms with Crippen molar-refractivity contribution in [3.05, 3.63) is 0 Å². The predicted molar refractivity (Wildman–Crippen MR) is 82.1 cm³/mol. The molecule has 0 heterocycles. The zero-order valence-corrected chi connectivity index (χ0v) is 13.6. The molecule has 2 rings (SSSR count). The number of hydrogen-bond acceptors (Lipinski definition) is 4. The Bertz CT molecular complexity index is 547. The van der Waals surface area contributed by atoms with Gasteiger partial charge in [-0.3, -0.25) is 9.59 Å². The molecule has 0 radical (unpaired) electrons. The van der Waals surface area contributed by atoms with Gasteiger partial charge in [0.2, 0.25) is 11.8 Å². The van der Waals surface area contributed by atoms with Crippen LogP contribution in [0.15, 0.2) is 0 Å². The zero-order valence-electron chi connectivity index (χ0n) is 13.6. The summed E-state index contributed by atoms with van der Waals surface area (Å²) in [5.74, 6) is -2.05. The second-order valence-electron chi connectivity index (χ2n) is 7.02. The molecule has 0 spiro atoms. The van der Waals surface area contributed by atoms with Crippen molar-refractivity contribution < 1.29 is 33.4 Å². The van der Waals surface area contributed by atoms with Gasteiger partial charge in [0.15, 0.2) is 6.10 Å². The monoisotopic (exact) mass is 363 g/mol. The van der Waals surface area contributed by atoms with E-state index in [0.717, 1.165) is 0 Å². The summed E-state index contributed by atoms with van der Waals surface area (Å²) in [6.45, 7) is 0. The first-order valence-corrected chi connectivity index (χ1v) is 8.19. The Labute approximate surface area is 143 Å². The SMILES string of the molecule is NC(=O)[C@@H](O)C1(NC(=O)C(CC2(F)CCCC2)NC(=O)O)CC(F)C1. The molecule has 10 heteroatoms. The fourth-order valence-electron chi connectivity index (χ4n) is 3.67. The summed E-state index contributed by atoms with van der Waals surface area (Å²) < 4.78 is 28.0. The second kappa shape index (κ2) is 7.11. The number of aliphatic hydroxyl groups is 1. The van der Waals surface area contributed by atoms with Gasteiger partial charge in [0, 0.05) is 19.3 Å². The van der Waals surface area contributed by atoms with Crippen molar-refractivity contribution >= 4 is 17.9 Å². The van der Waals surface area contributed by atoms with Crippen molar-refractivity contribution in [2.75, 3.05) is 0 Å². The Morgan fingerprint density at radius 2 is 1.80 bits per heavy atom. The first-order chi connectivity index (χ1) is 11.6. The van der Waals surface area contributed by atoms with Crippen molar-refractivity contribution in [3.8, 4) is 0 Å². The minimum absolute atomic E-state index is 0.222. The van der Waals surface area contributed by atoms with E-state index in [1.807, 2.05) is 5.32 Å². The molecule has 0 saturated heterocycles. The molecule has 0 aromatic rings. The molecule has 0 aromatic carbocycles. The Kier molecular flexibility index (Phi) is 5.50. The van der Waals surface area contributed by atoms with E-state index in [9.17, 15) is 28.3 Å². The zero-order chi connectivity index (χ0) is 18.8. The lowest BCUT2D eigenvalue weighted by molar-refractivity contribution is -0.142. The topological polar surface area (TPSA) is 142 Å². The number of carbonyl (C=O) groups is 3. The van der Waals surface area contributed by atoms with Gasteiger partial charge in [-0.2, -0.15) is 0 Å². The van der Waals surface area contributed by atoms with Crippen LogP contribution in [0.3, 0.4) is 0 Å². The molecule has 0 bridgehead atoms. The third-order valence-electron chi connectivity index (χ3n) is 5.02. The van der Waals surface area contributed by atoms with Gasteiger partial charge in [0.1, 0.15) is 17.9 Å². The van der Waals surface area contributed by atoms with Gasteiger partial charge < -0.3 is 26.6 Å². The summed E-state index contributed by atoms with van der Waals surface area (Å²) in [5.41, 5.74) is 1.77. The average Bonchev–Trinajstić information content (AvgIpc) is 2.89. The van der Waals surface area contributed by atoms with Crippen LogP contribution in [0.5, 0.6) is 0 Å². The lowest BCUT2D eigenvalue weighted by Gasteiger charge is -2.47. The lowest BCUT2D eigenvalue weighted by atomic mass is 9.70. The maximum Gasteiger partial charge on any atom is 0.405 e. The minimum Gasteiger partial charge on any atom is -0.465 e. The highest BCUT2D eigenvalue weighted by atomic mass is 19.1. The van der Waals surface area contributed by atoms with Crippen molar-refractivity contribution in [3.63, 3.8) is 0 Å². The van der Waals surface area contributed by atoms with Crippen LogP contribution in [0.2, 0.25) is 0 Å². The van der Waals surface area contributed by atoms with Crippen LogP contribution in [-0.2, 0) is 9.59 Å². The normalized spacial score (nSPS) is 30.0. The summed E-state index contributed by atoms with van der Waals surface area (Å²) in [5, 5.41) is 23.1. The number of primary amides is 1. The quantitative estimate of drug-likeness (QED) is 0.437.